The molecular weight excluding hydrogens is 290 g/mol. The van der Waals surface area contributed by atoms with Crippen molar-refractivity contribution in [2.75, 3.05) is 0 Å². The smallest absolute Gasteiger partial charge is 0.160 e. The molecule has 4 nitrogen and oxygen atoms in total. The minimum absolute atomic E-state index is 0.400. The van der Waals surface area contributed by atoms with Gasteiger partial charge in [0.15, 0.2) is 5.15 Å². The molecule has 0 aliphatic heterocycles. The summed E-state index contributed by atoms with van der Waals surface area (Å²) < 4.78 is 0.884. The van der Waals surface area contributed by atoms with Crippen LogP contribution in [0.4, 0.5) is 0 Å². The lowest BCUT2D eigenvalue weighted by atomic mass is 10.4. The van der Waals surface area contributed by atoms with Crippen LogP contribution in [0.1, 0.15) is 5.82 Å². The molecule has 2 heterocycles. The van der Waals surface area contributed by atoms with Gasteiger partial charge in [0.2, 0.25) is 0 Å². The summed E-state index contributed by atoms with van der Waals surface area (Å²) in [6.45, 7) is 1.80. The number of aromatic nitrogens is 4. The van der Waals surface area contributed by atoms with Crippen LogP contribution in [0.2, 0.25) is 5.15 Å². The van der Waals surface area contributed by atoms with E-state index in [4.69, 9.17) is 11.6 Å². The molecule has 0 unspecified atom stereocenters. The number of H-pyrrole nitrogens is 1. The van der Waals surface area contributed by atoms with Gasteiger partial charge in [0.05, 0.1) is 0 Å². The van der Waals surface area contributed by atoms with E-state index < -0.39 is 0 Å². The Bertz CT molecular complexity index is 438. The van der Waals surface area contributed by atoms with Crippen molar-refractivity contribution in [2.24, 2.45) is 0 Å². The highest BCUT2D eigenvalue weighted by Gasteiger charge is 2.09. The van der Waals surface area contributed by atoms with Crippen molar-refractivity contribution in [1.29, 1.82) is 0 Å². The lowest BCUT2D eigenvalue weighted by Gasteiger charge is -1.93. The molecule has 0 saturated carbocycles. The molecule has 0 aliphatic rings. The van der Waals surface area contributed by atoms with Crippen molar-refractivity contribution in [3.8, 4) is 0 Å². The van der Waals surface area contributed by atoms with Gasteiger partial charge >= 0.3 is 0 Å². The maximum absolute atomic E-state index is 5.84. The summed E-state index contributed by atoms with van der Waals surface area (Å²) in [6, 6.07) is 0. The third-order valence-corrected chi connectivity index (χ3v) is 2.44. The Morgan fingerprint density at radius 3 is 2.83 bits per heavy atom. The maximum Gasteiger partial charge on any atom is 0.160 e. The zero-order valence-electron chi connectivity index (χ0n) is 6.10. The number of aromatic amines is 1. The molecule has 12 heavy (non-hydrogen) atoms. The Labute approximate surface area is 86.9 Å². The number of aryl methyl sites for hydroxylation is 1. The Morgan fingerprint density at radius 2 is 2.08 bits per heavy atom. The van der Waals surface area contributed by atoms with E-state index in [2.05, 4.69) is 42.8 Å². The number of hydrogen-bond donors (Lipinski definition) is 1. The molecule has 0 amide bonds. The molecule has 0 saturated heterocycles. The van der Waals surface area contributed by atoms with E-state index in [1.165, 1.54) is 0 Å². The second-order valence-electron chi connectivity index (χ2n) is 2.30. The maximum atomic E-state index is 5.84. The van der Waals surface area contributed by atoms with E-state index in [1.54, 1.807) is 6.92 Å². The quantitative estimate of drug-likeness (QED) is 0.596. The Balaban J connectivity index is 2.92. The normalized spacial score (nSPS) is 10.9. The molecule has 6 heteroatoms. The van der Waals surface area contributed by atoms with E-state index in [0.717, 1.165) is 9.22 Å². The van der Waals surface area contributed by atoms with Gasteiger partial charge in [0.25, 0.3) is 0 Å². The van der Waals surface area contributed by atoms with Crippen molar-refractivity contribution < 1.29 is 0 Å². The molecule has 0 radical (unpaired) electrons. The molecule has 0 aliphatic carbocycles. The second kappa shape index (κ2) is 2.81. The van der Waals surface area contributed by atoms with Crippen LogP contribution in [-0.4, -0.2) is 20.2 Å². The lowest BCUT2D eigenvalue weighted by Crippen LogP contribution is -1.88. The standard InChI is InChI=1S/C6H4ClIN4/c1-2-9-4-3(5(7)10-2)11-12-6(4)8/h1H3,(H,11,12). The zero-order chi connectivity index (χ0) is 8.72. The summed E-state index contributed by atoms with van der Waals surface area (Å²) in [5.74, 6) is 0.659. The van der Waals surface area contributed by atoms with E-state index >= 15 is 0 Å². The highest BCUT2D eigenvalue weighted by molar-refractivity contribution is 14.1. The first kappa shape index (κ1) is 8.18. The Hall–Kier alpha value is -0.430. The van der Waals surface area contributed by atoms with E-state index in [1.807, 2.05) is 0 Å². The average Bonchev–Trinajstić information content (AvgIpc) is 2.33. The molecule has 62 valence electrons. The molecule has 0 spiro atoms. The monoisotopic (exact) mass is 294 g/mol. The molecule has 1 N–H and O–H groups in total. The zero-order valence-corrected chi connectivity index (χ0v) is 9.01. The minimum Gasteiger partial charge on any atom is -0.269 e. The summed E-state index contributed by atoms with van der Waals surface area (Å²) in [4.78, 5) is 8.18. The van der Waals surface area contributed by atoms with Crippen molar-refractivity contribution in [1.82, 2.24) is 20.2 Å². The molecular formula is C6H4ClIN4. The van der Waals surface area contributed by atoms with Gasteiger partial charge in [0, 0.05) is 0 Å². The van der Waals surface area contributed by atoms with Gasteiger partial charge < -0.3 is 0 Å². The third kappa shape index (κ3) is 1.16. The molecule has 2 aromatic rings. The highest BCUT2D eigenvalue weighted by Crippen LogP contribution is 2.20. The van der Waals surface area contributed by atoms with Crippen molar-refractivity contribution in [3.05, 3.63) is 14.7 Å². The summed E-state index contributed by atoms with van der Waals surface area (Å²) in [6.07, 6.45) is 0. The van der Waals surface area contributed by atoms with Crippen molar-refractivity contribution in [2.45, 2.75) is 6.92 Å². The van der Waals surface area contributed by atoms with Crippen LogP contribution >= 0.6 is 34.2 Å². The van der Waals surface area contributed by atoms with Crippen LogP contribution in [0.3, 0.4) is 0 Å². The number of nitrogens with one attached hydrogen (secondary N) is 1. The topological polar surface area (TPSA) is 54.5 Å². The van der Waals surface area contributed by atoms with Crippen LogP contribution < -0.4 is 0 Å². The average molecular weight is 294 g/mol. The fraction of sp³-hybridized carbons (Fsp3) is 0.167. The van der Waals surface area contributed by atoms with Crippen LogP contribution in [0, 0.1) is 10.6 Å². The molecule has 0 atom stereocenters. The number of halogens is 2. The predicted molar refractivity (Wildman–Crippen MR) is 54.1 cm³/mol. The van der Waals surface area contributed by atoms with Crippen LogP contribution in [0.25, 0.3) is 11.0 Å². The Morgan fingerprint density at radius 1 is 1.33 bits per heavy atom. The fourth-order valence-electron chi connectivity index (χ4n) is 0.943. The first-order chi connectivity index (χ1) is 5.68. The molecule has 0 bridgehead atoms. The van der Waals surface area contributed by atoms with Gasteiger partial charge in [0.1, 0.15) is 20.6 Å². The molecule has 2 aromatic heterocycles. The molecule has 2 rings (SSSR count). The Kier molecular flexibility index (Phi) is 1.91. The molecule has 0 fully saturated rings. The van der Waals surface area contributed by atoms with Crippen molar-refractivity contribution >= 4 is 45.2 Å². The second-order valence-corrected chi connectivity index (χ2v) is 3.73. The summed E-state index contributed by atoms with van der Waals surface area (Å²) >= 11 is 7.96. The SMILES string of the molecule is Cc1nc(Cl)c2n[nH]c(I)c2n1. The first-order valence-electron chi connectivity index (χ1n) is 3.22. The van der Waals surface area contributed by atoms with Gasteiger partial charge in [-0.15, -0.1) is 0 Å². The van der Waals surface area contributed by atoms with Gasteiger partial charge in [-0.3, -0.25) is 5.10 Å². The first-order valence-corrected chi connectivity index (χ1v) is 4.68. The highest BCUT2D eigenvalue weighted by atomic mass is 127. The molecule has 0 aromatic carbocycles. The van der Waals surface area contributed by atoms with E-state index in [9.17, 15) is 0 Å². The number of rotatable bonds is 0. The summed E-state index contributed by atoms with van der Waals surface area (Å²) in [7, 11) is 0. The van der Waals surface area contributed by atoms with Crippen molar-refractivity contribution in [3.63, 3.8) is 0 Å². The number of nitrogens with zero attached hydrogens (tertiary/aromatic N) is 3. The summed E-state index contributed by atoms with van der Waals surface area (Å²) in [5, 5.41) is 7.16. The van der Waals surface area contributed by atoms with Gasteiger partial charge in [-0.05, 0) is 29.5 Å². The largest absolute Gasteiger partial charge is 0.269 e. The van der Waals surface area contributed by atoms with Gasteiger partial charge in [-0.25, -0.2) is 9.97 Å². The van der Waals surface area contributed by atoms with Crippen LogP contribution in [-0.2, 0) is 0 Å². The van der Waals surface area contributed by atoms with Crippen LogP contribution in [0.5, 0.6) is 0 Å². The third-order valence-electron chi connectivity index (χ3n) is 1.43. The minimum atomic E-state index is 0.400. The predicted octanol–water partition coefficient (Wildman–Crippen LogP) is 1.92. The fourth-order valence-corrected chi connectivity index (χ4v) is 1.69. The van der Waals surface area contributed by atoms with Gasteiger partial charge in [-0.2, -0.15) is 5.10 Å². The van der Waals surface area contributed by atoms with E-state index in [0.29, 0.717) is 16.5 Å². The van der Waals surface area contributed by atoms with Gasteiger partial charge in [-0.1, -0.05) is 11.6 Å². The summed E-state index contributed by atoms with van der Waals surface area (Å²) in [5.41, 5.74) is 1.42. The number of hydrogen-bond acceptors (Lipinski definition) is 3. The van der Waals surface area contributed by atoms with Crippen LogP contribution in [0.15, 0.2) is 0 Å². The van der Waals surface area contributed by atoms with E-state index in [-0.39, 0.29) is 0 Å². The lowest BCUT2D eigenvalue weighted by molar-refractivity contribution is 1.08. The number of fused-ring (bicyclic) bond motifs is 1.